The quantitative estimate of drug-likeness (QED) is 0.508. The zero-order valence-corrected chi connectivity index (χ0v) is 12.3. The highest BCUT2D eigenvalue weighted by Gasteiger charge is 2.17. The number of alkyl halides is 1. The molecular weight excluding hydrogens is 352 g/mol. The number of rotatable bonds is 2. The van der Waals surface area contributed by atoms with Crippen molar-refractivity contribution in [2.45, 2.75) is 5.88 Å². The molecule has 102 valence electrons. The van der Waals surface area contributed by atoms with Crippen LogP contribution in [0.15, 0.2) is 34.9 Å². The highest BCUT2D eigenvalue weighted by atomic mass is 79.9. The summed E-state index contributed by atoms with van der Waals surface area (Å²) in [6, 6.07) is 5.61. The first-order valence-corrected chi connectivity index (χ1v) is 6.98. The highest BCUT2D eigenvalue weighted by molar-refractivity contribution is 9.10. The average molecular weight is 359 g/mol. The van der Waals surface area contributed by atoms with Gasteiger partial charge in [-0.05, 0) is 34.1 Å². The van der Waals surface area contributed by atoms with E-state index in [9.17, 15) is 8.78 Å². The summed E-state index contributed by atoms with van der Waals surface area (Å²) in [6.07, 6.45) is 1.56. The number of hydrogen-bond donors (Lipinski definition) is 0. The van der Waals surface area contributed by atoms with Crippen LogP contribution in [0.5, 0.6) is 0 Å². The molecule has 0 aliphatic heterocycles. The summed E-state index contributed by atoms with van der Waals surface area (Å²) in [5.41, 5.74) is 1.04. The van der Waals surface area contributed by atoms with E-state index in [2.05, 4.69) is 25.9 Å². The van der Waals surface area contributed by atoms with Gasteiger partial charge in [-0.3, -0.25) is 4.57 Å². The topological polar surface area (TPSA) is 30.7 Å². The smallest absolute Gasteiger partial charge is 0.164 e. The summed E-state index contributed by atoms with van der Waals surface area (Å²) in [6.45, 7) is 0. The van der Waals surface area contributed by atoms with Crippen molar-refractivity contribution in [1.82, 2.24) is 14.5 Å². The van der Waals surface area contributed by atoms with Crippen molar-refractivity contribution < 1.29 is 8.78 Å². The minimum Gasteiger partial charge on any atom is -0.277 e. The van der Waals surface area contributed by atoms with Crippen LogP contribution in [0.1, 0.15) is 5.82 Å². The molecule has 0 aliphatic carbocycles. The third-order valence-electron chi connectivity index (χ3n) is 2.84. The molecule has 0 amide bonds. The monoisotopic (exact) mass is 357 g/mol. The number of hydrogen-bond acceptors (Lipinski definition) is 2. The molecule has 3 rings (SSSR count). The first-order chi connectivity index (χ1) is 9.61. The number of pyridine rings is 1. The van der Waals surface area contributed by atoms with Gasteiger partial charge in [0.2, 0.25) is 0 Å². The van der Waals surface area contributed by atoms with Gasteiger partial charge in [-0.1, -0.05) is 0 Å². The van der Waals surface area contributed by atoms with Crippen LogP contribution in [-0.2, 0) is 5.88 Å². The summed E-state index contributed by atoms with van der Waals surface area (Å²) in [5, 5.41) is 0. The normalized spacial score (nSPS) is 11.2. The lowest BCUT2D eigenvalue weighted by molar-refractivity contribution is 0.587. The summed E-state index contributed by atoms with van der Waals surface area (Å²) in [7, 11) is 0. The number of halogens is 4. The molecule has 0 atom stereocenters. The van der Waals surface area contributed by atoms with Gasteiger partial charge in [-0.25, -0.2) is 18.7 Å². The Morgan fingerprint density at radius 1 is 1.25 bits per heavy atom. The maximum atomic E-state index is 14.1. The molecule has 7 heteroatoms. The van der Waals surface area contributed by atoms with Crippen molar-refractivity contribution in [3.05, 3.63) is 52.4 Å². The highest BCUT2D eigenvalue weighted by Crippen LogP contribution is 2.27. The van der Waals surface area contributed by atoms with Crippen LogP contribution in [0.2, 0.25) is 0 Å². The van der Waals surface area contributed by atoms with Crippen LogP contribution in [0, 0.1) is 11.6 Å². The molecule has 2 aromatic heterocycles. The maximum Gasteiger partial charge on any atom is 0.164 e. The van der Waals surface area contributed by atoms with Gasteiger partial charge in [0.05, 0.1) is 16.0 Å². The van der Waals surface area contributed by atoms with E-state index in [-0.39, 0.29) is 16.0 Å². The lowest BCUT2D eigenvalue weighted by Gasteiger charge is -2.09. The van der Waals surface area contributed by atoms with Gasteiger partial charge in [0.1, 0.15) is 23.0 Å². The Morgan fingerprint density at radius 2 is 2.05 bits per heavy atom. The first-order valence-electron chi connectivity index (χ1n) is 5.65. The van der Waals surface area contributed by atoms with Crippen molar-refractivity contribution >= 4 is 38.7 Å². The van der Waals surface area contributed by atoms with Crippen molar-refractivity contribution in [2.24, 2.45) is 0 Å². The van der Waals surface area contributed by atoms with Crippen molar-refractivity contribution in [3.63, 3.8) is 0 Å². The molecule has 0 spiro atoms. The van der Waals surface area contributed by atoms with Crippen molar-refractivity contribution in [2.75, 3.05) is 0 Å². The molecule has 0 bridgehead atoms. The first kappa shape index (κ1) is 13.5. The van der Waals surface area contributed by atoms with Crippen LogP contribution in [0.25, 0.3) is 16.9 Å². The van der Waals surface area contributed by atoms with Crippen molar-refractivity contribution in [1.29, 1.82) is 0 Å². The van der Waals surface area contributed by atoms with E-state index in [1.807, 2.05) is 0 Å². The van der Waals surface area contributed by atoms with Gasteiger partial charge in [0.25, 0.3) is 0 Å². The minimum absolute atomic E-state index is 0.0301. The zero-order chi connectivity index (χ0) is 14.3. The standard InChI is InChI=1S/C13H7BrClF2N3/c14-7-4-9(17)11(5-8(7)16)20-12(6-15)19-10-2-1-3-18-13(10)20/h1-5H,6H2. The third kappa shape index (κ3) is 2.09. The second-order valence-corrected chi connectivity index (χ2v) is 5.18. The lowest BCUT2D eigenvalue weighted by Crippen LogP contribution is -2.04. The van der Waals surface area contributed by atoms with Crippen LogP contribution >= 0.6 is 27.5 Å². The molecule has 0 aliphatic rings. The number of imidazole rings is 1. The second-order valence-electron chi connectivity index (χ2n) is 4.06. The van der Waals surface area contributed by atoms with E-state index in [0.717, 1.165) is 12.1 Å². The van der Waals surface area contributed by atoms with Gasteiger partial charge < -0.3 is 0 Å². The SMILES string of the molecule is Fc1cc(-n2c(CCl)nc3cccnc32)c(F)cc1Br. The van der Waals surface area contributed by atoms with E-state index < -0.39 is 11.6 Å². The molecular formula is C13H7BrClF2N3. The van der Waals surface area contributed by atoms with Gasteiger partial charge in [-0.2, -0.15) is 0 Å². The van der Waals surface area contributed by atoms with E-state index in [0.29, 0.717) is 17.0 Å². The van der Waals surface area contributed by atoms with Gasteiger partial charge >= 0.3 is 0 Å². The fourth-order valence-corrected chi connectivity index (χ4v) is 2.48. The summed E-state index contributed by atoms with van der Waals surface area (Å²) in [5.74, 6) is -0.691. The van der Waals surface area contributed by atoms with Gasteiger partial charge in [-0.15, -0.1) is 11.6 Å². The summed E-state index contributed by atoms with van der Waals surface area (Å²) >= 11 is 8.79. The van der Waals surface area contributed by atoms with Crippen LogP contribution in [0.4, 0.5) is 8.78 Å². The fraction of sp³-hybridized carbons (Fsp3) is 0.0769. The Kier molecular flexibility index (Phi) is 3.43. The zero-order valence-electron chi connectivity index (χ0n) is 9.95. The molecule has 0 saturated heterocycles. The van der Waals surface area contributed by atoms with Crippen LogP contribution < -0.4 is 0 Å². The average Bonchev–Trinajstić information content (AvgIpc) is 2.81. The third-order valence-corrected chi connectivity index (χ3v) is 3.68. The van der Waals surface area contributed by atoms with E-state index in [1.54, 1.807) is 18.3 Å². The van der Waals surface area contributed by atoms with E-state index >= 15 is 0 Å². The van der Waals surface area contributed by atoms with E-state index in [4.69, 9.17) is 11.6 Å². The molecule has 0 N–H and O–H groups in total. The Hall–Kier alpha value is -1.53. The molecule has 2 heterocycles. The largest absolute Gasteiger partial charge is 0.277 e. The minimum atomic E-state index is -0.588. The number of nitrogens with zero attached hydrogens (tertiary/aromatic N) is 3. The molecule has 3 nitrogen and oxygen atoms in total. The van der Waals surface area contributed by atoms with Gasteiger partial charge in [0.15, 0.2) is 5.65 Å². The number of aromatic nitrogens is 3. The fourth-order valence-electron chi connectivity index (χ4n) is 1.99. The molecule has 0 radical (unpaired) electrons. The summed E-state index contributed by atoms with van der Waals surface area (Å²) < 4.78 is 29.3. The maximum absolute atomic E-state index is 14.1. The van der Waals surface area contributed by atoms with Crippen LogP contribution in [0.3, 0.4) is 0 Å². The van der Waals surface area contributed by atoms with Crippen molar-refractivity contribution in [3.8, 4) is 5.69 Å². The second kappa shape index (κ2) is 5.10. The number of benzene rings is 1. The Labute approximate surface area is 126 Å². The molecule has 20 heavy (non-hydrogen) atoms. The summed E-state index contributed by atoms with van der Waals surface area (Å²) in [4.78, 5) is 8.43. The van der Waals surface area contributed by atoms with Crippen LogP contribution in [-0.4, -0.2) is 14.5 Å². The molecule has 3 aromatic rings. The van der Waals surface area contributed by atoms with E-state index in [1.165, 1.54) is 4.57 Å². The predicted molar refractivity (Wildman–Crippen MR) is 76.0 cm³/mol. The van der Waals surface area contributed by atoms with Gasteiger partial charge in [0, 0.05) is 12.3 Å². The predicted octanol–water partition coefficient (Wildman–Crippen LogP) is 4.20. The molecule has 0 fully saturated rings. The number of fused-ring (bicyclic) bond motifs is 1. The Balaban J connectivity index is 2.36. The lowest BCUT2D eigenvalue weighted by atomic mass is 10.3. The Morgan fingerprint density at radius 3 is 2.80 bits per heavy atom. The molecule has 1 aromatic carbocycles. The molecule has 0 unspecified atom stereocenters. The molecule has 0 saturated carbocycles. The Bertz CT molecular complexity index is 804.